The average molecular weight is 324 g/mol. The van der Waals surface area contributed by atoms with E-state index in [1.807, 2.05) is 0 Å². The van der Waals surface area contributed by atoms with E-state index in [0.717, 1.165) is 19.3 Å². The number of rotatable bonds is 3. The molecule has 0 radical (unpaired) electrons. The molecule has 2 atom stereocenters. The van der Waals surface area contributed by atoms with E-state index in [2.05, 4.69) is 0 Å². The van der Waals surface area contributed by atoms with Crippen LogP contribution in [0.3, 0.4) is 0 Å². The lowest BCUT2D eigenvalue weighted by atomic mass is 9.61. The van der Waals surface area contributed by atoms with Crippen LogP contribution in [0.15, 0.2) is 0 Å². The van der Waals surface area contributed by atoms with Crippen molar-refractivity contribution >= 4 is 17.8 Å². The zero-order valence-electron chi connectivity index (χ0n) is 13.0. The summed E-state index contributed by atoms with van der Waals surface area (Å²) in [5, 5.41) is 9.33. The van der Waals surface area contributed by atoms with Crippen molar-refractivity contribution in [3.8, 4) is 0 Å². The van der Waals surface area contributed by atoms with Gasteiger partial charge in [0.15, 0.2) is 0 Å². The number of likely N-dealkylation sites (tertiary alicyclic amines) is 2. The predicted octanol–water partition coefficient (Wildman–Crippen LogP) is 0.803. The number of hydrogen-bond donors (Lipinski definition) is 1. The van der Waals surface area contributed by atoms with Gasteiger partial charge in [0.25, 0.3) is 0 Å². The van der Waals surface area contributed by atoms with E-state index in [9.17, 15) is 19.5 Å². The molecule has 2 unspecified atom stereocenters. The van der Waals surface area contributed by atoms with Crippen molar-refractivity contribution in [3.63, 3.8) is 0 Å². The number of alkyl halides is 1. The van der Waals surface area contributed by atoms with Crippen molar-refractivity contribution < 1.29 is 23.9 Å². The van der Waals surface area contributed by atoms with Crippen LogP contribution in [0.1, 0.15) is 38.5 Å². The highest BCUT2D eigenvalue weighted by atomic mass is 19.1. The Kier molecular flexibility index (Phi) is 3.03. The molecule has 126 valence electrons. The van der Waals surface area contributed by atoms with Crippen LogP contribution in [0.4, 0.5) is 4.39 Å². The number of carboxylic acid groups (broad SMARTS) is 1. The number of carboxylic acids is 1. The summed E-state index contributed by atoms with van der Waals surface area (Å²) in [5.74, 6) is -2.17. The summed E-state index contributed by atoms with van der Waals surface area (Å²) in [6.07, 6.45) is 3.98. The number of amides is 2. The van der Waals surface area contributed by atoms with Crippen LogP contribution in [-0.2, 0) is 14.4 Å². The van der Waals surface area contributed by atoms with Crippen LogP contribution >= 0.6 is 0 Å². The molecule has 0 aromatic rings. The van der Waals surface area contributed by atoms with E-state index in [1.165, 1.54) is 4.90 Å². The van der Waals surface area contributed by atoms with Crippen LogP contribution in [0.5, 0.6) is 0 Å². The molecular formula is C16H21FN2O4. The van der Waals surface area contributed by atoms with Crippen LogP contribution < -0.4 is 0 Å². The van der Waals surface area contributed by atoms with Gasteiger partial charge in [0.2, 0.25) is 17.5 Å². The van der Waals surface area contributed by atoms with Gasteiger partial charge in [0.1, 0.15) is 0 Å². The molecule has 23 heavy (non-hydrogen) atoms. The predicted molar refractivity (Wildman–Crippen MR) is 77.2 cm³/mol. The number of carbonyl (C=O) groups is 3. The molecule has 7 heteroatoms. The van der Waals surface area contributed by atoms with Gasteiger partial charge in [-0.15, -0.1) is 0 Å². The first-order valence-electron chi connectivity index (χ1n) is 8.37. The van der Waals surface area contributed by atoms with E-state index in [0.29, 0.717) is 19.4 Å². The Morgan fingerprint density at radius 1 is 1.22 bits per heavy atom. The van der Waals surface area contributed by atoms with Gasteiger partial charge in [-0.1, -0.05) is 6.42 Å². The second-order valence-corrected chi connectivity index (χ2v) is 7.61. The zero-order chi connectivity index (χ0) is 16.4. The van der Waals surface area contributed by atoms with Crippen LogP contribution in [0.2, 0.25) is 0 Å². The molecule has 4 aliphatic rings. The van der Waals surface area contributed by atoms with Crippen LogP contribution in [-0.4, -0.2) is 64.0 Å². The first-order valence-corrected chi connectivity index (χ1v) is 8.37. The van der Waals surface area contributed by atoms with Gasteiger partial charge in [-0.05, 0) is 25.7 Å². The van der Waals surface area contributed by atoms with Gasteiger partial charge in [0.05, 0.1) is 12.5 Å². The lowest BCUT2D eigenvalue weighted by molar-refractivity contribution is -0.162. The van der Waals surface area contributed by atoms with Crippen molar-refractivity contribution in [2.75, 3.05) is 19.6 Å². The Morgan fingerprint density at radius 2 is 1.91 bits per heavy atom. The molecule has 2 aliphatic heterocycles. The van der Waals surface area contributed by atoms with E-state index in [4.69, 9.17) is 0 Å². The molecule has 2 amide bonds. The summed E-state index contributed by atoms with van der Waals surface area (Å²) in [5.41, 5.74) is -3.27. The lowest BCUT2D eigenvalue weighted by Crippen LogP contribution is -2.53. The van der Waals surface area contributed by atoms with Gasteiger partial charge in [0, 0.05) is 31.0 Å². The quantitative estimate of drug-likeness (QED) is 0.833. The average Bonchev–Trinajstić information content (AvgIpc) is 3.14. The molecule has 6 nitrogen and oxygen atoms in total. The molecule has 4 fully saturated rings. The number of nitrogens with zero attached hydrogens (tertiary/aromatic N) is 2. The Balaban J connectivity index is 1.49. The Bertz CT molecular complexity index is 587. The van der Waals surface area contributed by atoms with Crippen molar-refractivity contribution in [2.45, 2.75) is 50.2 Å². The largest absolute Gasteiger partial charge is 0.479 e. The first-order chi connectivity index (χ1) is 10.9. The minimum absolute atomic E-state index is 0.00634. The van der Waals surface area contributed by atoms with E-state index < -0.39 is 23.0 Å². The fourth-order valence-electron chi connectivity index (χ4n) is 4.48. The monoisotopic (exact) mass is 324 g/mol. The second kappa shape index (κ2) is 4.68. The molecule has 0 bridgehead atoms. The molecule has 2 saturated carbocycles. The fraction of sp³-hybridized carbons (Fsp3) is 0.812. The van der Waals surface area contributed by atoms with Gasteiger partial charge < -0.3 is 14.9 Å². The van der Waals surface area contributed by atoms with E-state index in [-0.39, 0.29) is 37.4 Å². The summed E-state index contributed by atoms with van der Waals surface area (Å²) >= 11 is 0. The number of aliphatic carboxylic acids is 1. The van der Waals surface area contributed by atoms with E-state index in [1.54, 1.807) is 4.90 Å². The first kappa shape index (κ1) is 14.9. The molecule has 1 spiro atoms. The van der Waals surface area contributed by atoms with Gasteiger partial charge in [-0.3, -0.25) is 9.59 Å². The van der Waals surface area contributed by atoms with Crippen molar-refractivity contribution in [1.29, 1.82) is 0 Å². The summed E-state index contributed by atoms with van der Waals surface area (Å²) in [7, 11) is 0. The topological polar surface area (TPSA) is 77.9 Å². The maximum absolute atomic E-state index is 15.1. The van der Waals surface area contributed by atoms with Gasteiger partial charge in [-0.2, -0.15) is 0 Å². The maximum atomic E-state index is 15.1. The summed E-state index contributed by atoms with van der Waals surface area (Å²) < 4.78 is 15.1. The molecule has 2 heterocycles. The van der Waals surface area contributed by atoms with Crippen molar-refractivity contribution in [3.05, 3.63) is 0 Å². The van der Waals surface area contributed by atoms with Crippen LogP contribution in [0.25, 0.3) is 0 Å². The molecule has 0 aromatic carbocycles. The summed E-state index contributed by atoms with van der Waals surface area (Å²) in [6, 6.07) is 0.274. The van der Waals surface area contributed by atoms with Gasteiger partial charge >= 0.3 is 5.97 Å². The third kappa shape index (κ3) is 2.01. The van der Waals surface area contributed by atoms with Crippen molar-refractivity contribution in [2.24, 2.45) is 11.3 Å². The number of carbonyl (C=O) groups excluding carboxylic acids is 2. The van der Waals surface area contributed by atoms with Crippen LogP contribution in [0, 0.1) is 11.3 Å². The summed E-state index contributed by atoms with van der Waals surface area (Å²) in [6.45, 7) is 0.191. The minimum Gasteiger partial charge on any atom is -0.479 e. The third-order valence-corrected chi connectivity index (χ3v) is 6.20. The molecule has 2 aliphatic carbocycles. The minimum atomic E-state index is -2.35. The Hall–Kier alpha value is -1.66. The fourth-order valence-corrected chi connectivity index (χ4v) is 4.48. The zero-order valence-corrected chi connectivity index (χ0v) is 13.0. The second-order valence-electron chi connectivity index (χ2n) is 7.61. The summed E-state index contributed by atoms with van der Waals surface area (Å²) in [4.78, 5) is 39.3. The van der Waals surface area contributed by atoms with E-state index >= 15 is 4.39 Å². The normalized spacial score (nSPS) is 35.7. The molecule has 4 rings (SSSR count). The highest BCUT2D eigenvalue weighted by molar-refractivity contribution is 5.91. The van der Waals surface area contributed by atoms with Gasteiger partial charge in [-0.25, -0.2) is 9.18 Å². The Labute approximate surface area is 133 Å². The molecular weight excluding hydrogens is 303 g/mol. The number of halogens is 1. The highest BCUT2D eigenvalue weighted by Crippen LogP contribution is 2.56. The molecule has 1 N–H and O–H groups in total. The van der Waals surface area contributed by atoms with Crippen molar-refractivity contribution in [1.82, 2.24) is 9.80 Å². The smallest absolute Gasteiger partial charge is 0.344 e. The Morgan fingerprint density at radius 3 is 2.39 bits per heavy atom. The molecule has 2 saturated heterocycles. The lowest BCUT2D eigenvalue weighted by Gasteiger charge is -2.43. The standard InChI is InChI=1S/C16H21FN2O4/c17-16(14(22)23)9-18(8-15(16)4-1-5-15)13(21)10-6-12(20)19(7-10)11-2-3-11/h10-11H,1-9H2,(H,22,23). The highest BCUT2D eigenvalue weighted by Gasteiger charge is 2.67. The maximum Gasteiger partial charge on any atom is 0.344 e. The third-order valence-electron chi connectivity index (χ3n) is 6.20. The molecule has 0 aromatic heterocycles. The SMILES string of the molecule is O=C(C1CC(=O)N(C2CC2)C1)N1CC2(CCC2)C(F)(C(=O)O)C1. The number of hydrogen-bond acceptors (Lipinski definition) is 3.